The predicted molar refractivity (Wildman–Crippen MR) is 85.4 cm³/mol. The lowest BCUT2D eigenvalue weighted by Crippen LogP contribution is -2.01. The summed E-state index contributed by atoms with van der Waals surface area (Å²) in [7, 11) is 1.37. The van der Waals surface area contributed by atoms with Crippen molar-refractivity contribution in [3.05, 3.63) is 65.9 Å². The summed E-state index contributed by atoms with van der Waals surface area (Å²) in [4.78, 5) is 11.7. The Morgan fingerprint density at radius 1 is 1.18 bits per heavy atom. The second-order valence-corrected chi connectivity index (χ2v) is 5.06. The number of hydrogen-bond donors (Lipinski definition) is 1. The lowest BCUT2D eigenvalue weighted by Gasteiger charge is -2.05. The molecule has 1 aromatic heterocycles. The van der Waals surface area contributed by atoms with E-state index in [0.717, 1.165) is 22.2 Å². The number of para-hydroxylation sites is 1. The molecule has 3 aromatic rings. The molecule has 0 radical (unpaired) electrons. The second-order valence-electron chi connectivity index (χ2n) is 5.06. The molecule has 2 aromatic carbocycles. The number of methoxy groups -OCH3 is 1. The molecular formula is C18H17NO3. The molecule has 4 nitrogen and oxygen atoms in total. The zero-order valence-corrected chi connectivity index (χ0v) is 12.3. The monoisotopic (exact) mass is 295 g/mol. The fourth-order valence-electron chi connectivity index (χ4n) is 2.66. The highest BCUT2D eigenvalue weighted by Gasteiger charge is 2.13. The molecule has 1 N–H and O–H groups in total. The van der Waals surface area contributed by atoms with Crippen LogP contribution in [0.2, 0.25) is 0 Å². The van der Waals surface area contributed by atoms with E-state index in [2.05, 4.69) is 4.57 Å². The second kappa shape index (κ2) is 6.03. The molecule has 4 heteroatoms. The minimum absolute atomic E-state index is 0.0658. The number of fused-ring (bicyclic) bond motifs is 1. The number of esters is 1. The molecule has 0 bridgehead atoms. The van der Waals surface area contributed by atoms with Crippen molar-refractivity contribution in [2.45, 2.75) is 6.42 Å². The third-order valence-electron chi connectivity index (χ3n) is 3.72. The summed E-state index contributed by atoms with van der Waals surface area (Å²) < 4.78 is 6.85. The zero-order valence-electron chi connectivity index (χ0n) is 12.3. The number of rotatable bonds is 4. The summed E-state index contributed by atoms with van der Waals surface area (Å²) in [5.74, 6) is -0.357. The van der Waals surface area contributed by atoms with Crippen LogP contribution in [0.5, 0.6) is 0 Å². The number of benzene rings is 2. The Kier molecular flexibility index (Phi) is 3.94. The molecule has 22 heavy (non-hydrogen) atoms. The molecule has 0 amide bonds. The lowest BCUT2D eigenvalue weighted by molar-refractivity contribution is 0.0601. The maximum Gasteiger partial charge on any atom is 0.337 e. The maximum absolute atomic E-state index is 11.7. The molecule has 0 saturated heterocycles. The highest BCUT2D eigenvalue weighted by Crippen LogP contribution is 2.26. The van der Waals surface area contributed by atoms with Crippen LogP contribution in [0.4, 0.5) is 0 Å². The van der Waals surface area contributed by atoms with E-state index in [9.17, 15) is 9.90 Å². The van der Waals surface area contributed by atoms with Crippen LogP contribution < -0.4 is 0 Å². The Labute approximate surface area is 128 Å². The van der Waals surface area contributed by atoms with Gasteiger partial charge in [-0.3, -0.25) is 0 Å². The quantitative estimate of drug-likeness (QED) is 0.753. The Hall–Kier alpha value is -2.59. The van der Waals surface area contributed by atoms with Crippen molar-refractivity contribution in [2.75, 3.05) is 13.7 Å². The standard InChI is InChI=1S/C18H17NO3/c1-22-18(21)13-7-8-17-16(11-13)14(9-10-20)12-19(17)15-5-3-2-4-6-15/h2-8,11-12,20H,9-10H2,1H3. The van der Waals surface area contributed by atoms with Crippen LogP contribution in [0.25, 0.3) is 16.6 Å². The van der Waals surface area contributed by atoms with E-state index in [1.165, 1.54) is 7.11 Å². The van der Waals surface area contributed by atoms with Crippen LogP contribution in [0.1, 0.15) is 15.9 Å². The number of hydrogen-bond acceptors (Lipinski definition) is 3. The molecule has 0 atom stereocenters. The van der Waals surface area contributed by atoms with E-state index in [1.807, 2.05) is 48.7 Å². The molecule has 112 valence electrons. The third-order valence-corrected chi connectivity index (χ3v) is 3.72. The summed E-state index contributed by atoms with van der Waals surface area (Å²) >= 11 is 0. The number of carbonyl (C=O) groups excluding carboxylic acids is 1. The number of aliphatic hydroxyl groups excluding tert-OH is 1. The molecule has 0 saturated carbocycles. The highest BCUT2D eigenvalue weighted by molar-refractivity contribution is 5.96. The van der Waals surface area contributed by atoms with Crippen LogP contribution in [0, 0.1) is 0 Å². The SMILES string of the molecule is COC(=O)c1ccc2c(c1)c(CCO)cn2-c1ccccc1. The third kappa shape index (κ3) is 2.49. The minimum Gasteiger partial charge on any atom is -0.465 e. The molecule has 0 aliphatic carbocycles. The van der Waals surface area contributed by atoms with Gasteiger partial charge in [0.25, 0.3) is 0 Å². The Morgan fingerprint density at radius 2 is 1.95 bits per heavy atom. The van der Waals surface area contributed by atoms with Gasteiger partial charge >= 0.3 is 5.97 Å². The summed E-state index contributed by atoms with van der Waals surface area (Å²) in [5.41, 5.74) is 3.57. The zero-order chi connectivity index (χ0) is 15.5. The van der Waals surface area contributed by atoms with Gasteiger partial charge in [-0.2, -0.15) is 0 Å². The Balaban J connectivity index is 2.21. The van der Waals surface area contributed by atoms with Gasteiger partial charge in [0, 0.05) is 23.9 Å². The number of ether oxygens (including phenoxy) is 1. The van der Waals surface area contributed by atoms with E-state index in [-0.39, 0.29) is 12.6 Å². The van der Waals surface area contributed by atoms with Gasteiger partial charge in [-0.05, 0) is 42.3 Å². The summed E-state index contributed by atoms with van der Waals surface area (Å²) in [5, 5.41) is 10.2. The topological polar surface area (TPSA) is 51.5 Å². The van der Waals surface area contributed by atoms with Crippen LogP contribution in [-0.4, -0.2) is 29.4 Å². The first kappa shape index (κ1) is 14.4. The van der Waals surface area contributed by atoms with Crippen LogP contribution >= 0.6 is 0 Å². The van der Waals surface area contributed by atoms with Crippen molar-refractivity contribution in [3.63, 3.8) is 0 Å². The van der Waals surface area contributed by atoms with Gasteiger partial charge in [0.2, 0.25) is 0 Å². The molecule has 0 spiro atoms. The van der Waals surface area contributed by atoms with Crippen molar-refractivity contribution >= 4 is 16.9 Å². The maximum atomic E-state index is 11.7. The van der Waals surface area contributed by atoms with E-state index in [1.54, 1.807) is 6.07 Å². The largest absolute Gasteiger partial charge is 0.465 e. The van der Waals surface area contributed by atoms with E-state index >= 15 is 0 Å². The number of nitrogens with zero attached hydrogens (tertiary/aromatic N) is 1. The van der Waals surface area contributed by atoms with Gasteiger partial charge in [-0.25, -0.2) is 4.79 Å². The summed E-state index contributed by atoms with van der Waals surface area (Å²) in [6.45, 7) is 0.0658. The van der Waals surface area contributed by atoms with Gasteiger partial charge in [0.05, 0.1) is 18.2 Å². The van der Waals surface area contributed by atoms with E-state index in [4.69, 9.17) is 4.74 Å². The van der Waals surface area contributed by atoms with Crippen molar-refractivity contribution in [2.24, 2.45) is 0 Å². The van der Waals surface area contributed by atoms with Gasteiger partial charge in [0.1, 0.15) is 0 Å². The molecular weight excluding hydrogens is 278 g/mol. The van der Waals surface area contributed by atoms with Crippen LogP contribution in [0.15, 0.2) is 54.7 Å². The summed E-state index contributed by atoms with van der Waals surface area (Å²) in [6.07, 6.45) is 2.55. The molecule has 3 rings (SSSR count). The van der Waals surface area contributed by atoms with Gasteiger partial charge in [-0.1, -0.05) is 18.2 Å². The van der Waals surface area contributed by atoms with Crippen molar-refractivity contribution in [3.8, 4) is 5.69 Å². The van der Waals surface area contributed by atoms with Crippen molar-refractivity contribution in [1.82, 2.24) is 4.57 Å². The summed E-state index contributed by atoms with van der Waals surface area (Å²) in [6, 6.07) is 15.5. The van der Waals surface area contributed by atoms with Crippen molar-refractivity contribution < 1.29 is 14.6 Å². The normalized spacial score (nSPS) is 10.8. The molecule has 0 aliphatic rings. The average Bonchev–Trinajstić information content (AvgIpc) is 2.93. The number of aromatic nitrogens is 1. The predicted octanol–water partition coefficient (Wildman–Crippen LogP) is 2.95. The average molecular weight is 295 g/mol. The first-order valence-corrected chi connectivity index (χ1v) is 7.13. The van der Waals surface area contributed by atoms with Gasteiger partial charge in [-0.15, -0.1) is 0 Å². The van der Waals surface area contributed by atoms with Gasteiger partial charge < -0.3 is 14.4 Å². The smallest absolute Gasteiger partial charge is 0.337 e. The molecule has 0 unspecified atom stereocenters. The number of aliphatic hydroxyl groups is 1. The van der Waals surface area contributed by atoms with E-state index < -0.39 is 0 Å². The first-order chi connectivity index (χ1) is 10.7. The minimum atomic E-state index is -0.357. The van der Waals surface area contributed by atoms with Crippen molar-refractivity contribution in [1.29, 1.82) is 0 Å². The Bertz CT molecular complexity index is 806. The highest BCUT2D eigenvalue weighted by atomic mass is 16.5. The van der Waals surface area contributed by atoms with Gasteiger partial charge in [0.15, 0.2) is 0 Å². The van der Waals surface area contributed by atoms with E-state index in [0.29, 0.717) is 12.0 Å². The number of carbonyl (C=O) groups is 1. The van der Waals surface area contributed by atoms with Crippen LogP contribution in [-0.2, 0) is 11.2 Å². The molecule has 0 aliphatic heterocycles. The molecule has 0 fully saturated rings. The Morgan fingerprint density at radius 3 is 2.64 bits per heavy atom. The van der Waals surface area contributed by atoms with Crippen LogP contribution in [0.3, 0.4) is 0 Å². The molecule has 1 heterocycles. The fraction of sp³-hybridized carbons (Fsp3) is 0.167. The first-order valence-electron chi connectivity index (χ1n) is 7.13. The lowest BCUT2D eigenvalue weighted by atomic mass is 10.1. The fourth-order valence-corrected chi connectivity index (χ4v) is 2.66.